The molecule has 2 nitrogen and oxygen atoms in total. The molecule has 0 spiro atoms. The van der Waals surface area contributed by atoms with Gasteiger partial charge in [0.15, 0.2) is 0 Å². The van der Waals surface area contributed by atoms with Crippen LogP contribution in [0.15, 0.2) is 0 Å². The fourth-order valence-electron chi connectivity index (χ4n) is 2.66. The summed E-state index contributed by atoms with van der Waals surface area (Å²) in [7, 11) is 0. The zero-order chi connectivity index (χ0) is 11.1. The highest BCUT2D eigenvalue weighted by molar-refractivity contribution is 5.65. The monoisotopic (exact) mass is 212 g/mol. The number of esters is 1. The first-order valence-corrected chi connectivity index (χ1v) is 6.37. The second-order valence-corrected chi connectivity index (χ2v) is 4.75. The summed E-state index contributed by atoms with van der Waals surface area (Å²) >= 11 is 0. The molecule has 1 fully saturated rings. The summed E-state index contributed by atoms with van der Waals surface area (Å²) in [6, 6.07) is 0. The molecular weight excluding hydrogens is 188 g/mol. The Morgan fingerprint density at radius 3 is 2.53 bits per heavy atom. The molecule has 0 aromatic carbocycles. The number of hydrogen-bond acceptors (Lipinski definition) is 2. The van der Waals surface area contributed by atoms with Gasteiger partial charge in [-0.1, -0.05) is 45.4 Å². The molecule has 1 unspecified atom stereocenters. The average molecular weight is 212 g/mol. The quantitative estimate of drug-likeness (QED) is 0.651. The van der Waals surface area contributed by atoms with E-state index in [2.05, 4.69) is 6.92 Å². The van der Waals surface area contributed by atoms with Crippen LogP contribution >= 0.6 is 0 Å². The Kier molecular flexibility index (Phi) is 5.74. The standard InChI is InChI=1S/C13H24O2/c1-3-7-13(10-15-11(2)14)12-8-5-4-6-9-12/h12-13H,3-10H2,1-2H3. The van der Waals surface area contributed by atoms with Crippen molar-refractivity contribution in [2.75, 3.05) is 6.61 Å². The van der Waals surface area contributed by atoms with E-state index in [9.17, 15) is 4.79 Å². The average Bonchev–Trinajstić information content (AvgIpc) is 2.25. The van der Waals surface area contributed by atoms with Gasteiger partial charge in [-0.25, -0.2) is 0 Å². The largest absolute Gasteiger partial charge is 0.466 e. The maximum absolute atomic E-state index is 10.8. The summed E-state index contributed by atoms with van der Waals surface area (Å²) < 4.78 is 5.17. The highest BCUT2D eigenvalue weighted by Crippen LogP contribution is 2.32. The van der Waals surface area contributed by atoms with Crippen LogP contribution in [0, 0.1) is 11.8 Å². The Labute approximate surface area is 93.4 Å². The Bertz CT molecular complexity index is 183. The minimum atomic E-state index is -0.132. The van der Waals surface area contributed by atoms with Gasteiger partial charge in [0.05, 0.1) is 6.61 Å². The van der Waals surface area contributed by atoms with Crippen molar-refractivity contribution in [1.82, 2.24) is 0 Å². The van der Waals surface area contributed by atoms with Gasteiger partial charge >= 0.3 is 5.97 Å². The SMILES string of the molecule is CCCC(COC(C)=O)C1CCCCC1. The van der Waals surface area contributed by atoms with Gasteiger partial charge < -0.3 is 4.74 Å². The third kappa shape index (κ3) is 4.67. The Morgan fingerprint density at radius 1 is 1.33 bits per heavy atom. The number of carbonyl (C=O) groups is 1. The first-order chi connectivity index (χ1) is 7.24. The van der Waals surface area contributed by atoms with E-state index in [1.54, 1.807) is 0 Å². The molecule has 1 aliphatic carbocycles. The van der Waals surface area contributed by atoms with Gasteiger partial charge in [-0.05, 0) is 18.3 Å². The Balaban J connectivity index is 2.36. The molecule has 1 saturated carbocycles. The van der Waals surface area contributed by atoms with E-state index in [4.69, 9.17) is 4.74 Å². The predicted octanol–water partition coefficient (Wildman–Crippen LogP) is 3.55. The van der Waals surface area contributed by atoms with E-state index in [-0.39, 0.29) is 5.97 Å². The van der Waals surface area contributed by atoms with Gasteiger partial charge in [0, 0.05) is 6.92 Å². The molecule has 1 aliphatic rings. The summed E-state index contributed by atoms with van der Waals surface area (Å²) in [4.78, 5) is 10.8. The maximum Gasteiger partial charge on any atom is 0.302 e. The van der Waals surface area contributed by atoms with Crippen molar-refractivity contribution < 1.29 is 9.53 Å². The van der Waals surface area contributed by atoms with Gasteiger partial charge in [0.2, 0.25) is 0 Å². The van der Waals surface area contributed by atoms with Crippen LogP contribution in [0.4, 0.5) is 0 Å². The molecule has 88 valence electrons. The lowest BCUT2D eigenvalue weighted by atomic mass is 9.78. The number of ether oxygens (including phenoxy) is 1. The van der Waals surface area contributed by atoms with E-state index in [1.165, 1.54) is 51.9 Å². The van der Waals surface area contributed by atoms with Crippen LogP contribution in [-0.4, -0.2) is 12.6 Å². The lowest BCUT2D eigenvalue weighted by Crippen LogP contribution is -2.23. The van der Waals surface area contributed by atoms with Crippen LogP contribution in [0.5, 0.6) is 0 Å². The second kappa shape index (κ2) is 6.86. The molecule has 0 aromatic heterocycles. The predicted molar refractivity (Wildman–Crippen MR) is 61.6 cm³/mol. The van der Waals surface area contributed by atoms with E-state index in [0.717, 1.165) is 5.92 Å². The van der Waals surface area contributed by atoms with Crippen LogP contribution in [0.2, 0.25) is 0 Å². The third-order valence-electron chi connectivity index (χ3n) is 3.48. The smallest absolute Gasteiger partial charge is 0.302 e. The fourth-order valence-corrected chi connectivity index (χ4v) is 2.66. The Hall–Kier alpha value is -0.530. The van der Waals surface area contributed by atoms with Crippen LogP contribution in [0.3, 0.4) is 0 Å². The lowest BCUT2D eigenvalue weighted by Gasteiger charge is -2.29. The normalized spacial score (nSPS) is 19.9. The number of rotatable bonds is 5. The zero-order valence-corrected chi connectivity index (χ0v) is 10.1. The van der Waals surface area contributed by atoms with Crippen molar-refractivity contribution in [1.29, 1.82) is 0 Å². The molecule has 0 aromatic rings. The summed E-state index contributed by atoms with van der Waals surface area (Å²) in [5.74, 6) is 1.28. The molecule has 0 N–H and O–H groups in total. The van der Waals surface area contributed by atoms with Gasteiger partial charge in [0.25, 0.3) is 0 Å². The van der Waals surface area contributed by atoms with Crippen LogP contribution in [0.25, 0.3) is 0 Å². The maximum atomic E-state index is 10.8. The van der Waals surface area contributed by atoms with Crippen LogP contribution in [-0.2, 0) is 9.53 Å². The van der Waals surface area contributed by atoms with Crippen molar-refractivity contribution in [2.24, 2.45) is 11.8 Å². The lowest BCUT2D eigenvalue weighted by molar-refractivity contribution is -0.143. The highest BCUT2D eigenvalue weighted by atomic mass is 16.5. The summed E-state index contributed by atoms with van der Waals surface area (Å²) in [6.45, 7) is 4.36. The molecule has 2 heteroatoms. The number of hydrogen-bond donors (Lipinski definition) is 0. The summed E-state index contributed by atoms with van der Waals surface area (Å²) in [5, 5.41) is 0. The topological polar surface area (TPSA) is 26.3 Å². The summed E-state index contributed by atoms with van der Waals surface area (Å²) in [5.41, 5.74) is 0. The molecule has 0 bridgehead atoms. The molecule has 0 heterocycles. The first-order valence-electron chi connectivity index (χ1n) is 6.37. The zero-order valence-electron chi connectivity index (χ0n) is 10.1. The highest BCUT2D eigenvalue weighted by Gasteiger charge is 2.23. The van der Waals surface area contributed by atoms with Gasteiger partial charge in [0.1, 0.15) is 0 Å². The minimum absolute atomic E-state index is 0.132. The van der Waals surface area contributed by atoms with Crippen molar-refractivity contribution in [3.8, 4) is 0 Å². The van der Waals surface area contributed by atoms with E-state index >= 15 is 0 Å². The second-order valence-electron chi connectivity index (χ2n) is 4.75. The molecule has 0 radical (unpaired) electrons. The Morgan fingerprint density at radius 2 is 2.00 bits per heavy atom. The molecule has 1 rings (SSSR count). The number of carbonyl (C=O) groups excluding carboxylic acids is 1. The van der Waals surface area contributed by atoms with E-state index in [1.807, 2.05) is 0 Å². The molecule has 0 aliphatic heterocycles. The van der Waals surface area contributed by atoms with Crippen LogP contribution < -0.4 is 0 Å². The molecule has 0 saturated heterocycles. The molecule has 0 amide bonds. The van der Waals surface area contributed by atoms with E-state index in [0.29, 0.717) is 12.5 Å². The molecular formula is C13H24O2. The van der Waals surface area contributed by atoms with Gasteiger partial charge in [-0.3, -0.25) is 4.79 Å². The van der Waals surface area contributed by atoms with Crippen LogP contribution in [0.1, 0.15) is 58.8 Å². The first kappa shape index (κ1) is 12.5. The van der Waals surface area contributed by atoms with Crippen molar-refractivity contribution in [3.63, 3.8) is 0 Å². The van der Waals surface area contributed by atoms with Gasteiger partial charge in [-0.15, -0.1) is 0 Å². The van der Waals surface area contributed by atoms with Crippen molar-refractivity contribution in [3.05, 3.63) is 0 Å². The fraction of sp³-hybridized carbons (Fsp3) is 0.923. The van der Waals surface area contributed by atoms with Gasteiger partial charge in [-0.2, -0.15) is 0 Å². The molecule has 15 heavy (non-hydrogen) atoms. The van der Waals surface area contributed by atoms with Crippen molar-refractivity contribution in [2.45, 2.75) is 58.8 Å². The molecule has 1 atom stereocenters. The third-order valence-corrected chi connectivity index (χ3v) is 3.48. The van der Waals surface area contributed by atoms with E-state index < -0.39 is 0 Å². The minimum Gasteiger partial charge on any atom is -0.466 e. The summed E-state index contributed by atoms with van der Waals surface area (Å²) in [6.07, 6.45) is 9.21. The van der Waals surface area contributed by atoms with Crippen molar-refractivity contribution >= 4 is 5.97 Å².